The average Bonchev–Trinajstić information content (AvgIpc) is 2.56. The van der Waals surface area contributed by atoms with Crippen LogP contribution in [0.1, 0.15) is 77.6 Å². The standard InChI is InChI=1S/C19H34N2O3.ClH/c1-2-13-20(15-19(23)24)14-18(22)21(16-9-5-3-6-10-16)17-11-7-4-8-12-17;/h16-17H,2-15H2,1H3,(H,23,24);1H. The van der Waals surface area contributed by atoms with Crippen LogP contribution in [0.5, 0.6) is 0 Å². The summed E-state index contributed by atoms with van der Waals surface area (Å²) in [5.74, 6) is -0.693. The van der Waals surface area contributed by atoms with E-state index in [0.29, 0.717) is 18.6 Å². The molecule has 2 rings (SSSR count). The highest BCUT2D eigenvalue weighted by Gasteiger charge is 2.33. The van der Waals surface area contributed by atoms with Crippen molar-refractivity contribution in [2.24, 2.45) is 0 Å². The number of carboxylic acids is 1. The molecule has 2 aliphatic carbocycles. The van der Waals surface area contributed by atoms with Gasteiger partial charge in [-0.15, -0.1) is 12.4 Å². The van der Waals surface area contributed by atoms with Crippen LogP contribution in [-0.4, -0.2) is 58.5 Å². The second-order valence-electron chi connectivity index (χ2n) is 7.49. The molecule has 0 saturated heterocycles. The number of carbonyl (C=O) groups excluding carboxylic acids is 1. The van der Waals surface area contributed by atoms with E-state index >= 15 is 0 Å². The maximum absolute atomic E-state index is 13.1. The van der Waals surface area contributed by atoms with Crippen molar-refractivity contribution in [2.75, 3.05) is 19.6 Å². The Balaban J connectivity index is 0.00000312. The summed E-state index contributed by atoms with van der Waals surface area (Å²) in [7, 11) is 0. The molecular weight excluding hydrogens is 340 g/mol. The van der Waals surface area contributed by atoms with Gasteiger partial charge < -0.3 is 10.0 Å². The number of amides is 1. The molecule has 1 N–H and O–H groups in total. The van der Waals surface area contributed by atoms with Crippen molar-refractivity contribution in [1.82, 2.24) is 9.80 Å². The molecule has 2 fully saturated rings. The van der Waals surface area contributed by atoms with E-state index in [9.17, 15) is 9.59 Å². The van der Waals surface area contributed by atoms with Crippen LogP contribution in [0.15, 0.2) is 0 Å². The molecule has 5 nitrogen and oxygen atoms in total. The highest BCUT2D eigenvalue weighted by Crippen LogP contribution is 2.30. The van der Waals surface area contributed by atoms with Crippen LogP contribution >= 0.6 is 12.4 Å². The number of carbonyl (C=O) groups is 2. The van der Waals surface area contributed by atoms with E-state index in [1.807, 2.05) is 6.92 Å². The molecule has 25 heavy (non-hydrogen) atoms. The van der Waals surface area contributed by atoms with Crippen LogP contribution in [0.4, 0.5) is 0 Å². The first kappa shape index (κ1) is 22.2. The number of hydrogen-bond donors (Lipinski definition) is 1. The fourth-order valence-corrected chi connectivity index (χ4v) is 4.42. The SMILES string of the molecule is CCCN(CC(=O)O)CC(=O)N(C1CCCCC1)C1CCCCC1.Cl. The molecule has 0 radical (unpaired) electrons. The van der Waals surface area contributed by atoms with Crippen LogP contribution in [0.25, 0.3) is 0 Å². The fourth-order valence-electron chi connectivity index (χ4n) is 4.42. The Labute approximate surface area is 158 Å². The van der Waals surface area contributed by atoms with Crippen LogP contribution in [0, 0.1) is 0 Å². The predicted octanol–water partition coefficient (Wildman–Crippen LogP) is 3.70. The van der Waals surface area contributed by atoms with Crippen molar-refractivity contribution in [2.45, 2.75) is 89.6 Å². The van der Waals surface area contributed by atoms with Crippen molar-refractivity contribution in [1.29, 1.82) is 0 Å². The molecule has 146 valence electrons. The zero-order valence-electron chi connectivity index (χ0n) is 15.6. The monoisotopic (exact) mass is 374 g/mol. The smallest absolute Gasteiger partial charge is 0.317 e. The van der Waals surface area contributed by atoms with Gasteiger partial charge in [0, 0.05) is 12.1 Å². The molecule has 2 saturated carbocycles. The Morgan fingerprint density at radius 1 is 0.880 bits per heavy atom. The Bertz CT molecular complexity index is 389. The van der Waals surface area contributed by atoms with E-state index in [4.69, 9.17) is 5.11 Å². The van der Waals surface area contributed by atoms with Gasteiger partial charge in [-0.05, 0) is 38.6 Å². The number of aliphatic carboxylic acids is 1. The number of hydrogen-bond acceptors (Lipinski definition) is 3. The van der Waals surface area contributed by atoms with Crippen LogP contribution in [-0.2, 0) is 9.59 Å². The summed E-state index contributed by atoms with van der Waals surface area (Å²) in [5.41, 5.74) is 0. The molecule has 0 atom stereocenters. The van der Waals surface area contributed by atoms with Gasteiger partial charge in [-0.2, -0.15) is 0 Å². The van der Waals surface area contributed by atoms with Gasteiger partial charge in [0.2, 0.25) is 5.91 Å². The van der Waals surface area contributed by atoms with Crippen molar-refractivity contribution < 1.29 is 14.7 Å². The summed E-state index contributed by atoms with van der Waals surface area (Å²) < 4.78 is 0. The van der Waals surface area contributed by atoms with Crippen LogP contribution in [0.2, 0.25) is 0 Å². The Morgan fingerprint density at radius 2 is 1.36 bits per heavy atom. The second-order valence-corrected chi connectivity index (χ2v) is 7.49. The molecule has 0 spiro atoms. The van der Waals surface area contributed by atoms with Gasteiger partial charge >= 0.3 is 5.97 Å². The molecule has 0 aliphatic heterocycles. The van der Waals surface area contributed by atoms with Gasteiger partial charge in [0.05, 0.1) is 13.1 Å². The van der Waals surface area contributed by atoms with Crippen LogP contribution in [0.3, 0.4) is 0 Å². The summed E-state index contributed by atoms with van der Waals surface area (Å²) in [4.78, 5) is 28.2. The summed E-state index contributed by atoms with van der Waals surface area (Å²) in [6.07, 6.45) is 12.8. The third-order valence-corrected chi connectivity index (χ3v) is 5.48. The van der Waals surface area contributed by atoms with Crippen molar-refractivity contribution in [3.05, 3.63) is 0 Å². The molecule has 0 aromatic heterocycles. The van der Waals surface area contributed by atoms with E-state index in [0.717, 1.165) is 32.1 Å². The minimum Gasteiger partial charge on any atom is -0.480 e. The lowest BCUT2D eigenvalue weighted by Gasteiger charge is -2.42. The molecule has 0 unspecified atom stereocenters. The highest BCUT2D eigenvalue weighted by atomic mass is 35.5. The Morgan fingerprint density at radius 3 is 1.76 bits per heavy atom. The van der Waals surface area contributed by atoms with Gasteiger partial charge in [0.15, 0.2) is 0 Å². The molecule has 0 bridgehead atoms. The van der Waals surface area contributed by atoms with Crippen molar-refractivity contribution in [3.8, 4) is 0 Å². The lowest BCUT2D eigenvalue weighted by molar-refractivity contribution is -0.142. The van der Waals surface area contributed by atoms with E-state index in [1.165, 1.54) is 38.5 Å². The summed E-state index contributed by atoms with van der Waals surface area (Å²) >= 11 is 0. The van der Waals surface area contributed by atoms with Gasteiger partial charge in [-0.25, -0.2) is 0 Å². The van der Waals surface area contributed by atoms with Gasteiger partial charge in [-0.1, -0.05) is 45.4 Å². The summed E-state index contributed by atoms with van der Waals surface area (Å²) in [5, 5.41) is 9.09. The van der Waals surface area contributed by atoms with Crippen molar-refractivity contribution >= 4 is 24.3 Å². The number of carboxylic acid groups (broad SMARTS) is 1. The lowest BCUT2D eigenvalue weighted by Crippen LogP contribution is -2.52. The topological polar surface area (TPSA) is 60.9 Å². The third-order valence-electron chi connectivity index (χ3n) is 5.48. The minimum absolute atomic E-state index is 0. The van der Waals surface area contributed by atoms with Gasteiger partial charge in [0.1, 0.15) is 0 Å². The molecule has 0 heterocycles. The number of nitrogens with zero attached hydrogens (tertiary/aromatic N) is 2. The second kappa shape index (κ2) is 11.7. The highest BCUT2D eigenvalue weighted by molar-refractivity contribution is 5.85. The fraction of sp³-hybridized carbons (Fsp3) is 0.895. The molecule has 0 aromatic rings. The first-order valence-corrected chi connectivity index (χ1v) is 9.87. The molecule has 2 aliphatic rings. The van der Waals surface area contributed by atoms with Gasteiger partial charge in [-0.3, -0.25) is 14.5 Å². The summed E-state index contributed by atoms with van der Waals surface area (Å²) in [6, 6.07) is 0.755. The maximum Gasteiger partial charge on any atom is 0.317 e. The zero-order chi connectivity index (χ0) is 17.4. The average molecular weight is 375 g/mol. The Kier molecular flexibility index (Phi) is 10.4. The summed E-state index contributed by atoms with van der Waals surface area (Å²) in [6.45, 7) is 2.91. The maximum atomic E-state index is 13.1. The Hall–Kier alpha value is -0.810. The number of halogens is 1. The quantitative estimate of drug-likeness (QED) is 0.703. The van der Waals surface area contributed by atoms with E-state index < -0.39 is 5.97 Å². The van der Waals surface area contributed by atoms with E-state index in [2.05, 4.69) is 4.90 Å². The molecule has 6 heteroatoms. The molecule has 0 aromatic carbocycles. The largest absolute Gasteiger partial charge is 0.480 e. The zero-order valence-corrected chi connectivity index (χ0v) is 16.4. The first-order valence-electron chi connectivity index (χ1n) is 9.87. The first-order chi connectivity index (χ1) is 11.6. The molecule has 1 amide bonds. The number of rotatable bonds is 8. The van der Waals surface area contributed by atoms with E-state index in [1.54, 1.807) is 4.90 Å². The minimum atomic E-state index is -0.849. The van der Waals surface area contributed by atoms with Gasteiger partial charge in [0.25, 0.3) is 0 Å². The van der Waals surface area contributed by atoms with Crippen LogP contribution < -0.4 is 0 Å². The lowest BCUT2D eigenvalue weighted by atomic mass is 9.88. The van der Waals surface area contributed by atoms with Crippen molar-refractivity contribution in [3.63, 3.8) is 0 Å². The molecular formula is C19H35ClN2O3. The predicted molar refractivity (Wildman–Crippen MR) is 102 cm³/mol. The normalized spacial score (nSPS) is 19.4. The third kappa shape index (κ3) is 7.14. The van der Waals surface area contributed by atoms with E-state index in [-0.39, 0.29) is 31.4 Å².